The maximum absolute atomic E-state index is 4.74. The van der Waals surface area contributed by atoms with Crippen LogP contribution in [0.25, 0.3) is 0 Å². The molecule has 0 saturated heterocycles. The first-order valence-corrected chi connectivity index (χ1v) is 7.97. The Morgan fingerprint density at radius 1 is 1.21 bits per heavy atom. The lowest BCUT2D eigenvalue weighted by Crippen LogP contribution is -2.37. The summed E-state index contributed by atoms with van der Waals surface area (Å²) in [5.74, 6) is 1.09. The third-order valence-electron chi connectivity index (χ3n) is 4.98. The van der Waals surface area contributed by atoms with E-state index in [4.69, 9.17) is 4.98 Å². The first kappa shape index (κ1) is 14.4. The van der Waals surface area contributed by atoms with E-state index in [0.29, 0.717) is 6.04 Å². The molecule has 1 N–H and O–H groups in total. The lowest BCUT2D eigenvalue weighted by molar-refractivity contribution is 0.409. The molecule has 1 heterocycles. The van der Waals surface area contributed by atoms with Gasteiger partial charge in [0.05, 0.1) is 5.69 Å². The van der Waals surface area contributed by atoms with Gasteiger partial charge in [0.1, 0.15) is 0 Å². The van der Waals surface area contributed by atoms with Gasteiger partial charge in [-0.05, 0) is 39.0 Å². The van der Waals surface area contributed by atoms with Gasteiger partial charge in [0.2, 0.25) is 5.95 Å². The van der Waals surface area contributed by atoms with E-state index in [0.717, 1.165) is 30.9 Å². The van der Waals surface area contributed by atoms with E-state index in [1.165, 1.54) is 25.7 Å². The zero-order valence-electron chi connectivity index (χ0n) is 13.0. The fraction of sp³-hybridized carbons (Fsp3) is 0.812. The predicted molar refractivity (Wildman–Crippen MR) is 81.7 cm³/mol. The Morgan fingerprint density at radius 3 is 2.32 bits per heavy atom. The van der Waals surface area contributed by atoms with E-state index in [2.05, 4.69) is 43.8 Å². The molecular weight excluding hydrogens is 234 g/mol. The fourth-order valence-corrected chi connectivity index (χ4v) is 3.32. The second kappa shape index (κ2) is 5.98. The highest BCUT2D eigenvalue weighted by atomic mass is 15.2. The molecule has 0 atom stereocenters. The number of aryl methyl sites for hydroxylation is 1. The first-order chi connectivity index (χ1) is 9.14. The molecule has 1 fully saturated rings. The predicted octanol–water partition coefficient (Wildman–Crippen LogP) is 4.69. The van der Waals surface area contributed by atoms with Crippen molar-refractivity contribution in [2.75, 3.05) is 5.32 Å². The van der Waals surface area contributed by atoms with E-state index >= 15 is 0 Å². The molecule has 1 aliphatic rings. The Morgan fingerprint density at radius 2 is 1.79 bits per heavy atom. The second-order valence-corrected chi connectivity index (χ2v) is 6.02. The number of imidazole rings is 1. The summed E-state index contributed by atoms with van der Waals surface area (Å²) < 4.78 is 2.40. The van der Waals surface area contributed by atoms with Crippen molar-refractivity contribution in [3.8, 4) is 0 Å². The summed E-state index contributed by atoms with van der Waals surface area (Å²) in [6.07, 6.45) is 11.0. The zero-order chi connectivity index (χ0) is 13.9. The summed E-state index contributed by atoms with van der Waals surface area (Å²) in [6.45, 7) is 8.92. The lowest BCUT2D eigenvalue weighted by Gasteiger charge is -2.33. The van der Waals surface area contributed by atoms with Gasteiger partial charge < -0.3 is 9.88 Å². The van der Waals surface area contributed by atoms with E-state index in [1.807, 2.05) is 0 Å². The number of aromatic nitrogens is 2. The topological polar surface area (TPSA) is 29.9 Å². The summed E-state index contributed by atoms with van der Waals surface area (Å²) in [4.78, 5) is 4.74. The van der Waals surface area contributed by atoms with Crippen LogP contribution in [0.5, 0.6) is 0 Å². The Balaban J connectivity index is 2.23. The van der Waals surface area contributed by atoms with Crippen LogP contribution in [-0.4, -0.2) is 15.1 Å². The van der Waals surface area contributed by atoms with E-state index in [9.17, 15) is 0 Å². The van der Waals surface area contributed by atoms with Crippen LogP contribution < -0.4 is 5.32 Å². The molecule has 1 aromatic rings. The van der Waals surface area contributed by atoms with E-state index < -0.39 is 0 Å². The van der Waals surface area contributed by atoms with Crippen LogP contribution in [0.4, 0.5) is 5.95 Å². The fourth-order valence-electron chi connectivity index (χ4n) is 3.32. The molecule has 0 aliphatic heterocycles. The lowest BCUT2D eigenvalue weighted by atomic mass is 9.90. The average Bonchev–Trinajstić information content (AvgIpc) is 3.05. The Kier molecular flexibility index (Phi) is 4.54. The summed E-state index contributed by atoms with van der Waals surface area (Å²) in [5, 5.41) is 3.76. The van der Waals surface area contributed by atoms with Crippen molar-refractivity contribution in [1.82, 2.24) is 9.55 Å². The van der Waals surface area contributed by atoms with Gasteiger partial charge in [0.25, 0.3) is 0 Å². The van der Waals surface area contributed by atoms with Gasteiger partial charge in [0, 0.05) is 17.8 Å². The van der Waals surface area contributed by atoms with Crippen molar-refractivity contribution in [2.45, 2.75) is 84.2 Å². The highest BCUT2D eigenvalue weighted by Gasteiger charge is 2.27. The summed E-state index contributed by atoms with van der Waals surface area (Å²) in [7, 11) is 0. The van der Waals surface area contributed by atoms with Gasteiger partial charge >= 0.3 is 0 Å². The SMILES string of the molecule is CCC(CC)(CC)Nc1nc(C)cn1C1CCCC1. The van der Waals surface area contributed by atoms with Crippen LogP contribution in [0.2, 0.25) is 0 Å². The molecule has 0 unspecified atom stereocenters. The molecule has 19 heavy (non-hydrogen) atoms. The maximum Gasteiger partial charge on any atom is 0.203 e. The van der Waals surface area contributed by atoms with Crippen molar-refractivity contribution >= 4 is 5.95 Å². The van der Waals surface area contributed by atoms with Crippen LogP contribution in [0.3, 0.4) is 0 Å². The largest absolute Gasteiger partial charge is 0.350 e. The minimum absolute atomic E-state index is 0.203. The van der Waals surface area contributed by atoms with Crippen LogP contribution in [0.15, 0.2) is 6.20 Å². The zero-order valence-corrected chi connectivity index (χ0v) is 13.0. The van der Waals surface area contributed by atoms with Crippen molar-refractivity contribution in [3.63, 3.8) is 0 Å². The summed E-state index contributed by atoms with van der Waals surface area (Å²) >= 11 is 0. The van der Waals surface area contributed by atoms with Gasteiger partial charge in [0.15, 0.2) is 0 Å². The minimum Gasteiger partial charge on any atom is -0.350 e. The third kappa shape index (κ3) is 2.96. The number of hydrogen-bond donors (Lipinski definition) is 1. The number of rotatable bonds is 6. The highest BCUT2D eigenvalue weighted by Crippen LogP contribution is 2.34. The van der Waals surface area contributed by atoms with Crippen molar-refractivity contribution in [3.05, 3.63) is 11.9 Å². The molecule has 1 saturated carbocycles. The van der Waals surface area contributed by atoms with Gasteiger partial charge in [-0.1, -0.05) is 33.6 Å². The molecule has 0 amide bonds. The van der Waals surface area contributed by atoms with Crippen molar-refractivity contribution in [2.24, 2.45) is 0 Å². The van der Waals surface area contributed by atoms with Crippen LogP contribution in [0.1, 0.15) is 77.5 Å². The van der Waals surface area contributed by atoms with Gasteiger partial charge in [-0.15, -0.1) is 0 Å². The number of hydrogen-bond acceptors (Lipinski definition) is 2. The number of nitrogens with zero attached hydrogens (tertiary/aromatic N) is 2. The Labute approximate surface area is 117 Å². The van der Waals surface area contributed by atoms with Gasteiger partial charge in [-0.25, -0.2) is 4.98 Å². The normalized spacial score (nSPS) is 17.1. The molecular formula is C16H29N3. The molecule has 108 valence electrons. The smallest absolute Gasteiger partial charge is 0.203 e. The second-order valence-electron chi connectivity index (χ2n) is 6.02. The van der Waals surface area contributed by atoms with Gasteiger partial charge in [-0.3, -0.25) is 0 Å². The molecule has 1 aliphatic carbocycles. The molecule has 0 radical (unpaired) electrons. The highest BCUT2D eigenvalue weighted by molar-refractivity contribution is 5.34. The molecule has 3 nitrogen and oxygen atoms in total. The van der Waals surface area contributed by atoms with Crippen LogP contribution >= 0.6 is 0 Å². The van der Waals surface area contributed by atoms with E-state index in [-0.39, 0.29) is 5.54 Å². The molecule has 2 rings (SSSR count). The van der Waals surface area contributed by atoms with Crippen LogP contribution in [0, 0.1) is 6.92 Å². The summed E-state index contributed by atoms with van der Waals surface area (Å²) in [5.41, 5.74) is 1.33. The Bertz CT molecular complexity index is 390. The van der Waals surface area contributed by atoms with Crippen molar-refractivity contribution in [1.29, 1.82) is 0 Å². The van der Waals surface area contributed by atoms with Gasteiger partial charge in [-0.2, -0.15) is 0 Å². The average molecular weight is 263 g/mol. The maximum atomic E-state index is 4.74. The van der Waals surface area contributed by atoms with Crippen molar-refractivity contribution < 1.29 is 0 Å². The summed E-state index contributed by atoms with van der Waals surface area (Å²) in [6, 6.07) is 0.659. The molecule has 0 bridgehead atoms. The standard InChI is InChI=1S/C16H29N3/c1-5-16(6-2,7-3)18-15-17-13(4)12-19(15)14-10-8-9-11-14/h12,14H,5-11H2,1-4H3,(H,17,18). The molecule has 0 spiro atoms. The molecule has 0 aromatic carbocycles. The first-order valence-electron chi connectivity index (χ1n) is 7.97. The minimum atomic E-state index is 0.203. The molecule has 3 heteroatoms. The monoisotopic (exact) mass is 263 g/mol. The Hall–Kier alpha value is -0.990. The quantitative estimate of drug-likeness (QED) is 0.807. The number of anilines is 1. The third-order valence-corrected chi connectivity index (χ3v) is 4.98. The van der Waals surface area contributed by atoms with E-state index in [1.54, 1.807) is 0 Å². The van der Waals surface area contributed by atoms with Crippen LogP contribution in [-0.2, 0) is 0 Å². The molecule has 1 aromatic heterocycles. The number of nitrogens with one attached hydrogen (secondary N) is 1.